The van der Waals surface area contributed by atoms with Crippen LogP contribution < -0.4 is 19.6 Å². The first-order valence-corrected chi connectivity index (χ1v) is 14.5. The smallest absolute Gasteiger partial charge is 0.338 e. The number of carbonyl (C=O) groups is 1. The predicted molar refractivity (Wildman–Crippen MR) is 161 cm³/mol. The number of hydrogen-bond donors (Lipinski definition) is 0. The Bertz CT molecular complexity index is 2080. The zero-order valence-corrected chi connectivity index (χ0v) is 24.2. The molecule has 0 unspecified atom stereocenters. The first kappa shape index (κ1) is 28.2. The molecule has 216 valence electrons. The van der Waals surface area contributed by atoms with E-state index in [0.717, 1.165) is 10.8 Å². The molecule has 0 saturated carbocycles. The third-order valence-corrected chi connectivity index (χ3v) is 8.23. The first-order valence-electron chi connectivity index (χ1n) is 13.7. The van der Waals surface area contributed by atoms with Crippen LogP contribution in [0.1, 0.15) is 36.6 Å². The molecule has 0 fully saturated rings. The molecule has 1 aliphatic rings. The van der Waals surface area contributed by atoms with Gasteiger partial charge >= 0.3 is 5.97 Å². The van der Waals surface area contributed by atoms with E-state index in [-0.39, 0.29) is 30.2 Å². The molecule has 0 bridgehead atoms. The van der Waals surface area contributed by atoms with Gasteiger partial charge in [0.05, 0.1) is 28.5 Å². The number of ether oxygens (including phenoxy) is 2. The number of aromatic nitrogens is 1. The van der Waals surface area contributed by atoms with Crippen LogP contribution >= 0.6 is 11.3 Å². The average Bonchev–Trinajstić information content (AvgIpc) is 3.31. The highest BCUT2D eigenvalue weighted by atomic mass is 32.1. The molecular weight excluding hydrogens is 570 g/mol. The van der Waals surface area contributed by atoms with Crippen molar-refractivity contribution in [3.63, 3.8) is 0 Å². The molecule has 1 aliphatic heterocycles. The molecule has 43 heavy (non-hydrogen) atoms. The minimum atomic E-state index is -0.859. The van der Waals surface area contributed by atoms with Crippen molar-refractivity contribution in [1.29, 1.82) is 0 Å². The van der Waals surface area contributed by atoms with Crippen molar-refractivity contribution in [2.24, 2.45) is 4.99 Å². The fourth-order valence-corrected chi connectivity index (χ4v) is 6.23. The summed E-state index contributed by atoms with van der Waals surface area (Å²) in [7, 11) is 0. The van der Waals surface area contributed by atoms with Crippen LogP contribution in [0.3, 0.4) is 0 Å². The third-order valence-electron chi connectivity index (χ3n) is 7.25. The summed E-state index contributed by atoms with van der Waals surface area (Å²) >= 11 is 1.18. The molecule has 0 saturated heterocycles. The van der Waals surface area contributed by atoms with Gasteiger partial charge in [0.1, 0.15) is 24.0 Å². The van der Waals surface area contributed by atoms with E-state index in [1.807, 2.05) is 30.3 Å². The van der Waals surface area contributed by atoms with Crippen LogP contribution in [-0.4, -0.2) is 17.1 Å². The van der Waals surface area contributed by atoms with Crippen molar-refractivity contribution in [3.8, 4) is 5.75 Å². The number of rotatable bonds is 7. The van der Waals surface area contributed by atoms with Gasteiger partial charge in [0.2, 0.25) is 0 Å². The highest BCUT2D eigenvalue weighted by Gasteiger charge is 2.33. The van der Waals surface area contributed by atoms with E-state index in [9.17, 15) is 18.4 Å². The zero-order valence-electron chi connectivity index (χ0n) is 23.3. The monoisotopic (exact) mass is 596 g/mol. The highest BCUT2D eigenvalue weighted by Crippen LogP contribution is 2.32. The van der Waals surface area contributed by atoms with Gasteiger partial charge in [-0.2, -0.15) is 0 Å². The van der Waals surface area contributed by atoms with Gasteiger partial charge in [0, 0.05) is 11.1 Å². The summed E-state index contributed by atoms with van der Waals surface area (Å²) in [5.74, 6) is -0.920. The number of allylic oxidation sites excluding steroid dienone is 1. The van der Waals surface area contributed by atoms with Crippen molar-refractivity contribution in [2.75, 3.05) is 6.61 Å². The Kier molecular flexibility index (Phi) is 7.73. The number of benzene rings is 4. The summed E-state index contributed by atoms with van der Waals surface area (Å²) in [6.07, 6.45) is 1.74. The van der Waals surface area contributed by atoms with E-state index in [4.69, 9.17) is 9.47 Å². The van der Waals surface area contributed by atoms with E-state index in [0.29, 0.717) is 37.5 Å². The quantitative estimate of drug-likeness (QED) is 0.223. The van der Waals surface area contributed by atoms with Gasteiger partial charge in [-0.05, 0) is 60.5 Å². The zero-order chi connectivity index (χ0) is 30.1. The van der Waals surface area contributed by atoms with Crippen LogP contribution in [0.5, 0.6) is 5.75 Å². The lowest BCUT2D eigenvalue weighted by atomic mass is 9.96. The Morgan fingerprint density at radius 1 is 1.00 bits per heavy atom. The molecule has 0 N–H and O–H groups in total. The maximum absolute atomic E-state index is 14.3. The second kappa shape index (κ2) is 11.8. The molecule has 0 spiro atoms. The molecule has 6 rings (SSSR count). The third kappa shape index (κ3) is 5.39. The lowest BCUT2D eigenvalue weighted by Crippen LogP contribution is -2.39. The van der Waals surface area contributed by atoms with Crippen molar-refractivity contribution in [1.82, 2.24) is 4.57 Å². The number of nitrogens with zero attached hydrogens (tertiary/aromatic N) is 2. The fraction of sp³-hybridized carbons (Fsp3) is 0.147. The molecule has 4 aromatic carbocycles. The minimum absolute atomic E-state index is 0.000233. The lowest BCUT2D eigenvalue weighted by Gasteiger charge is -2.24. The standard InChI is InChI=1S/C34H26F2N2O4S/c1-3-41-33(40)30-20(2)37-34-38(31(30)22-12-15-24(35)16-13-22)32(39)29(43-34)18-26-25-10-6-4-8-21(25)14-17-28(26)42-19-23-9-5-7-11-27(23)36/h4-18,31H,3,19H2,1-2H3/b29-18-/t31-/m0/s1. The number of hydrogen-bond acceptors (Lipinski definition) is 6. The van der Waals surface area contributed by atoms with Gasteiger partial charge < -0.3 is 9.47 Å². The van der Waals surface area contributed by atoms with E-state index in [2.05, 4.69) is 4.99 Å². The second-order valence-corrected chi connectivity index (χ2v) is 10.9. The van der Waals surface area contributed by atoms with Crippen LogP contribution in [0, 0.1) is 11.6 Å². The molecule has 9 heteroatoms. The molecule has 0 radical (unpaired) electrons. The van der Waals surface area contributed by atoms with Gasteiger partial charge in [-0.1, -0.05) is 72.0 Å². The molecule has 6 nitrogen and oxygen atoms in total. The van der Waals surface area contributed by atoms with Crippen molar-refractivity contribution in [3.05, 3.63) is 144 Å². The van der Waals surface area contributed by atoms with Gasteiger partial charge in [-0.3, -0.25) is 9.36 Å². The maximum Gasteiger partial charge on any atom is 0.338 e. The summed E-state index contributed by atoms with van der Waals surface area (Å²) in [5.41, 5.74) is 1.86. The predicted octanol–water partition coefficient (Wildman–Crippen LogP) is 5.81. The normalized spacial score (nSPS) is 14.9. The van der Waals surface area contributed by atoms with Gasteiger partial charge in [0.25, 0.3) is 5.56 Å². The molecule has 2 heterocycles. The van der Waals surface area contributed by atoms with Crippen molar-refractivity contribution < 1.29 is 23.0 Å². The number of carbonyl (C=O) groups excluding carboxylic acids is 1. The van der Waals surface area contributed by atoms with Crippen LogP contribution in [0.25, 0.3) is 16.8 Å². The Morgan fingerprint density at radius 3 is 2.51 bits per heavy atom. The molecule has 1 aromatic heterocycles. The van der Waals surface area contributed by atoms with Crippen LogP contribution in [0.4, 0.5) is 8.78 Å². The van der Waals surface area contributed by atoms with E-state index < -0.39 is 17.8 Å². The molecule has 0 amide bonds. The highest BCUT2D eigenvalue weighted by molar-refractivity contribution is 7.07. The van der Waals surface area contributed by atoms with Crippen molar-refractivity contribution in [2.45, 2.75) is 26.5 Å². The number of thiazole rings is 1. The molecule has 0 aliphatic carbocycles. The number of halogens is 2. The Balaban J connectivity index is 1.53. The lowest BCUT2D eigenvalue weighted by molar-refractivity contribution is -0.139. The maximum atomic E-state index is 14.3. The van der Waals surface area contributed by atoms with Crippen LogP contribution in [0.15, 0.2) is 106 Å². The summed E-state index contributed by atoms with van der Waals surface area (Å²) in [4.78, 5) is 32.2. The van der Waals surface area contributed by atoms with E-state index in [1.54, 1.807) is 56.3 Å². The summed E-state index contributed by atoms with van der Waals surface area (Å²) in [5, 5.41) is 1.78. The SMILES string of the molecule is CCOC(=O)C1=C(C)N=c2s/c(=C\c3c(OCc4ccccc4F)ccc4ccccc34)c(=O)n2[C@H]1c1ccc(F)cc1. The first-order chi connectivity index (χ1) is 20.9. The summed E-state index contributed by atoms with van der Waals surface area (Å²) in [6.45, 7) is 3.54. The Hall–Kier alpha value is -4.89. The van der Waals surface area contributed by atoms with Gasteiger partial charge in [0.15, 0.2) is 4.80 Å². The summed E-state index contributed by atoms with van der Waals surface area (Å²) < 4.78 is 41.5. The Morgan fingerprint density at radius 2 is 1.74 bits per heavy atom. The molecule has 5 aromatic rings. The van der Waals surface area contributed by atoms with Gasteiger partial charge in [-0.15, -0.1) is 0 Å². The van der Waals surface area contributed by atoms with E-state index >= 15 is 0 Å². The summed E-state index contributed by atoms with van der Waals surface area (Å²) in [6, 6.07) is 22.6. The topological polar surface area (TPSA) is 69.9 Å². The average molecular weight is 597 g/mol. The van der Waals surface area contributed by atoms with Gasteiger partial charge in [-0.25, -0.2) is 18.6 Å². The van der Waals surface area contributed by atoms with Crippen molar-refractivity contribution >= 4 is 34.2 Å². The number of esters is 1. The largest absolute Gasteiger partial charge is 0.488 e. The van der Waals surface area contributed by atoms with Crippen LogP contribution in [0.2, 0.25) is 0 Å². The minimum Gasteiger partial charge on any atom is -0.488 e. The fourth-order valence-electron chi connectivity index (χ4n) is 5.20. The Labute approximate surface area is 249 Å². The number of fused-ring (bicyclic) bond motifs is 2. The molecular formula is C34H26F2N2O4S. The van der Waals surface area contributed by atoms with Crippen LogP contribution in [-0.2, 0) is 16.1 Å². The molecule has 1 atom stereocenters. The second-order valence-electron chi connectivity index (χ2n) is 9.93. The van der Waals surface area contributed by atoms with E-state index in [1.165, 1.54) is 34.1 Å².